The minimum absolute atomic E-state index is 0.290. The van der Waals surface area contributed by atoms with Crippen LogP contribution in [0.1, 0.15) is 37.7 Å². The molecule has 19 heavy (non-hydrogen) atoms. The number of ether oxygens (including phenoxy) is 2. The van der Waals surface area contributed by atoms with Crippen molar-refractivity contribution >= 4 is 11.8 Å². The highest BCUT2D eigenvalue weighted by atomic mass is 32.2. The normalized spacial score (nSPS) is 36.3. The van der Waals surface area contributed by atoms with Crippen molar-refractivity contribution in [3.8, 4) is 11.5 Å². The van der Waals surface area contributed by atoms with Crippen molar-refractivity contribution in [2.75, 3.05) is 6.79 Å². The number of hydrogen-bond donors (Lipinski definition) is 1. The van der Waals surface area contributed by atoms with E-state index in [4.69, 9.17) is 9.47 Å². The first-order valence-corrected chi connectivity index (χ1v) is 7.95. The minimum atomic E-state index is -0.679. The van der Waals surface area contributed by atoms with E-state index >= 15 is 0 Å². The van der Waals surface area contributed by atoms with Crippen molar-refractivity contribution in [3.63, 3.8) is 0 Å². The first kappa shape index (κ1) is 11.9. The second-order valence-corrected chi connectivity index (χ2v) is 7.42. The molecule has 0 aromatic heterocycles. The molecule has 3 aliphatic heterocycles. The Kier molecular flexibility index (Phi) is 2.71. The fraction of sp³-hybridized carbons (Fsp3) is 0.600. The zero-order valence-corrected chi connectivity index (χ0v) is 11.6. The lowest BCUT2D eigenvalue weighted by Crippen LogP contribution is -2.40. The predicted octanol–water partition coefficient (Wildman–Crippen LogP) is 3.05. The molecule has 2 atom stereocenters. The van der Waals surface area contributed by atoms with E-state index in [0.717, 1.165) is 29.9 Å². The summed E-state index contributed by atoms with van der Waals surface area (Å²) in [6.45, 7) is 0.290. The summed E-state index contributed by atoms with van der Waals surface area (Å²) in [6.07, 6.45) is 5.54. The quantitative estimate of drug-likeness (QED) is 0.857. The molecule has 2 saturated heterocycles. The largest absolute Gasteiger partial charge is 0.454 e. The van der Waals surface area contributed by atoms with Gasteiger partial charge < -0.3 is 14.6 Å². The van der Waals surface area contributed by atoms with E-state index in [0.29, 0.717) is 10.5 Å². The molecule has 2 unspecified atom stereocenters. The number of hydrogen-bond acceptors (Lipinski definition) is 4. The summed E-state index contributed by atoms with van der Waals surface area (Å²) in [4.78, 5) is 0. The molecular weight excluding hydrogens is 260 g/mol. The predicted molar refractivity (Wildman–Crippen MR) is 74.7 cm³/mol. The molecule has 1 aromatic rings. The van der Waals surface area contributed by atoms with Gasteiger partial charge in [0.15, 0.2) is 11.5 Å². The summed E-state index contributed by atoms with van der Waals surface area (Å²) in [5.74, 6) is 1.56. The van der Waals surface area contributed by atoms with Crippen molar-refractivity contribution in [3.05, 3.63) is 23.8 Å². The van der Waals surface area contributed by atoms with Gasteiger partial charge in [0.2, 0.25) is 6.79 Å². The maximum absolute atomic E-state index is 11.1. The van der Waals surface area contributed by atoms with Gasteiger partial charge in [-0.3, -0.25) is 0 Å². The van der Waals surface area contributed by atoms with E-state index in [2.05, 4.69) is 11.8 Å². The Hall–Kier alpha value is -0.870. The lowest BCUT2D eigenvalue weighted by molar-refractivity contribution is 0.00797. The van der Waals surface area contributed by atoms with Crippen LogP contribution < -0.4 is 9.47 Å². The summed E-state index contributed by atoms with van der Waals surface area (Å²) < 4.78 is 10.8. The van der Waals surface area contributed by atoms with E-state index in [1.807, 2.05) is 18.2 Å². The molecule has 0 aliphatic carbocycles. The SMILES string of the molecule is OC1(c2ccc3c(c2)OCO3)CC2CCCC(C1)S2. The van der Waals surface area contributed by atoms with Crippen molar-refractivity contribution in [2.45, 2.75) is 48.2 Å². The van der Waals surface area contributed by atoms with Crippen LogP contribution in [0.2, 0.25) is 0 Å². The maximum atomic E-state index is 11.1. The Morgan fingerprint density at radius 2 is 1.84 bits per heavy atom. The van der Waals surface area contributed by atoms with Crippen LogP contribution >= 0.6 is 11.8 Å². The molecule has 0 spiro atoms. The lowest BCUT2D eigenvalue weighted by atomic mass is 9.80. The number of aliphatic hydroxyl groups is 1. The van der Waals surface area contributed by atoms with Gasteiger partial charge in [-0.2, -0.15) is 11.8 Å². The van der Waals surface area contributed by atoms with Crippen molar-refractivity contribution in [1.82, 2.24) is 0 Å². The Balaban J connectivity index is 1.67. The third kappa shape index (κ3) is 2.01. The number of fused-ring (bicyclic) bond motifs is 3. The lowest BCUT2D eigenvalue weighted by Gasteiger charge is -2.44. The molecule has 4 rings (SSSR count). The number of benzene rings is 1. The van der Waals surface area contributed by atoms with Crippen LogP contribution in [0, 0.1) is 0 Å². The fourth-order valence-corrected chi connectivity index (χ4v) is 5.43. The molecule has 102 valence electrons. The standard InChI is InChI=1S/C15H18O3S/c16-15(7-11-2-1-3-12(8-15)19-11)10-4-5-13-14(6-10)18-9-17-13/h4-6,11-12,16H,1-3,7-9H2. The molecule has 0 radical (unpaired) electrons. The summed E-state index contributed by atoms with van der Waals surface area (Å²) in [5, 5.41) is 12.3. The molecule has 3 heterocycles. The highest BCUT2D eigenvalue weighted by Gasteiger charge is 2.42. The summed E-state index contributed by atoms with van der Waals surface area (Å²) >= 11 is 2.08. The van der Waals surface area contributed by atoms with E-state index in [1.165, 1.54) is 19.3 Å². The summed E-state index contributed by atoms with van der Waals surface area (Å²) in [5.41, 5.74) is 0.316. The molecule has 1 N–H and O–H groups in total. The summed E-state index contributed by atoms with van der Waals surface area (Å²) in [7, 11) is 0. The van der Waals surface area contributed by atoms with E-state index in [1.54, 1.807) is 0 Å². The Morgan fingerprint density at radius 3 is 2.63 bits per heavy atom. The average molecular weight is 278 g/mol. The third-order valence-electron chi connectivity index (χ3n) is 4.48. The van der Waals surface area contributed by atoms with Gasteiger partial charge in [0, 0.05) is 10.5 Å². The fourth-order valence-electron chi connectivity index (χ4n) is 3.54. The van der Waals surface area contributed by atoms with Crippen LogP contribution in [-0.2, 0) is 5.60 Å². The average Bonchev–Trinajstić information content (AvgIpc) is 2.85. The molecule has 0 saturated carbocycles. The monoisotopic (exact) mass is 278 g/mol. The molecule has 3 aliphatic rings. The first-order valence-electron chi connectivity index (χ1n) is 7.01. The summed E-state index contributed by atoms with van der Waals surface area (Å²) in [6, 6.07) is 5.89. The minimum Gasteiger partial charge on any atom is -0.454 e. The van der Waals surface area contributed by atoms with Crippen LogP contribution in [-0.4, -0.2) is 22.4 Å². The van der Waals surface area contributed by atoms with E-state index < -0.39 is 5.60 Å². The molecule has 1 aromatic carbocycles. The van der Waals surface area contributed by atoms with Crippen LogP contribution in [0.3, 0.4) is 0 Å². The Bertz CT molecular complexity index is 490. The second-order valence-electron chi connectivity index (χ2n) is 5.82. The van der Waals surface area contributed by atoms with E-state index in [-0.39, 0.29) is 6.79 Å². The van der Waals surface area contributed by atoms with Crippen LogP contribution in [0.15, 0.2) is 18.2 Å². The molecule has 3 nitrogen and oxygen atoms in total. The zero-order chi connectivity index (χ0) is 12.9. The second kappa shape index (κ2) is 4.32. The topological polar surface area (TPSA) is 38.7 Å². The Morgan fingerprint density at radius 1 is 1.11 bits per heavy atom. The van der Waals surface area contributed by atoms with Gasteiger partial charge in [0.25, 0.3) is 0 Å². The van der Waals surface area contributed by atoms with Gasteiger partial charge in [0.05, 0.1) is 5.60 Å². The van der Waals surface area contributed by atoms with Gasteiger partial charge in [-0.05, 0) is 43.4 Å². The van der Waals surface area contributed by atoms with Crippen molar-refractivity contribution in [1.29, 1.82) is 0 Å². The maximum Gasteiger partial charge on any atom is 0.231 e. The van der Waals surface area contributed by atoms with Crippen molar-refractivity contribution in [2.24, 2.45) is 0 Å². The van der Waals surface area contributed by atoms with Gasteiger partial charge in [-0.1, -0.05) is 12.5 Å². The first-order chi connectivity index (χ1) is 9.23. The van der Waals surface area contributed by atoms with Crippen molar-refractivity contribution < 1.29 is 14.6 Å². The third-order valence-corrected chi connectivity index (χ3v) is 6.05. The van der Waals surface area contributed by atoms with Crippen LogP contribution in [0.5, 0.6) is 11.5 Å². The molecule has 4 heteroatoms. The molecule has 2 fully saturated rings. The van der Waals surface area contributed by atoms with Gasteiger partial charge in [-0.25, -0.2) is 0 Å². The Labute approximate surface area is 117 Å². The molecular formula is C15H18O3S. The van der Waals surface area contributed by atoms with E-state index in [9.17, 15) is 5.11 Å². The molecule has 0 amide bonds. The van der Waals surface area contributed by atoms with Gasteiger partial charge >= 0.3 is 0 Å². The number of rotatable bonds is 1. The smallest absolute Gasteiger partial charge is 0.231 e. The highest BCUT2D eigenvalue weighted by molar-refractivity contribution is 8.00. The van der Waals surface area contributed by atoms with Crippen LogP contribution in [0.25, 0.3) is 0 Å². The van der Waals surface area contributed by atoms with Gasteiger partial charge in [-0.15, -0.1) is 0 Å². The highest BCUT2D eigenvalue weighted by Crippen LogP contribution is 2.50. The zero-order valence-electron chi connectivity index (χ0n) is 10.8. The number of thioether (sulfide) groups is 1. The van der Waals surface area contributed by atoms with Crippen LogP contribution in [0.4, 0.5) is 0 Å². The van der Waals surface area contributed by atoms with Gasteiger partial charge in [0.1, 0.15) is 0 Å². The molecule has 2 bridgehead atoms.